The van der Waals surface area contributed by atoms with E-state index in [1.54, 1.807) is 6.20 Å². The lowest BCUT2D eigenvalue weighted by Gasteiger charge is -2.09. The molecular formula is C13H17N3O. The summed E-state index contributed by atoms with van der Waals surface area (Å²) < 4.78 is 7.71. The SMILES string of the molecule is Cc1cc(N)ccc1OCCc1nccn1C. The summed E-state index contributed by atoms with van der Waals surface area (Å²) in [7, 11) is 1.98. The van der Waals surface area contributed by atoms with Crippen molar-refractivity contribution >= 4 is 5.69 Å². The van der Waals surface area contributed by atoms with Gasteiger partial charge in [-0.3, -0.25) is 0 Å². The fourth-order valence-electron chi connectivity index (χ4n) is 1.72. The number of benzene rings is 1. The van der Waals surface area contributed by atoms with Crippen molar-refractivity contribution in [3.63, 3.8) is 0 Å². The summed E-state index contributed by atoms with van der Waals surface area (Å²) in [4.78, 5) is 4.25. The highest BCUT2D eigenvalue weighted by molar-refractivity contribution is 5.47. The van der Waals surface area contributed by atoms with Crippen LogP contribution in [0.15, 0.2) is 30.6 Å². The zero-order valence-electron chi connectivity index (χ0n) is 10.2. The van der Waals surface area contributed by atoms with Crippen LogP contribution in [-0.4, -0.2) is 16.2 Å². The van der Waals surface area contributed by atoms with E-state index in [0.717, 1.165) is 29.2 Å². The van der Waals surface area contributed by atoms with Crippen molar-refractivity contribution in [2.75, 3.05) is 12.3 Å². The van der Waals surface area contributed by atoms with Gasteiger partial charge in [-0.05, 0) is 30.7 Å². The summed E-state index contributed by atoms with van der Waals surface area (Å²) in [5.41, 5.74) is 7.51. The highest BCUT2D eigenvalue weighted by atomic mass is 16.5. The van der Waals surface area contributed by atoms with Gasteiger partial charge in [0.1, 0.15) is 11.6 Å². The third-order valence-corrected chi connectivity index (χ3v) is 2.70. The molecule has 2 rings (SSSR count). The standard InChI is InChI=1S/C13H17N3O/c1-10-9-11(14)3-4-12(10)17-8-5-13-15-6-7-16(13)2/h3-4,6-7,9H,5,8,14H2,1-2H3. The Hall–Kier alpha value is -1.97. The molecule has 2 aromatic rings. The van der Waals surface area contributed by atoms with Crippen LogP contribution in [-0.2, 0) is 13.5 Å². The van der Waals surface area contributed by atoms with Crippen molar-refractivity contribution in [1.29, 1.82) is 0 Å². The molecule has 0 aliphatic carbocycles. The normalized spacial score (nSPS) is 10.5. The summed E-state index contributed by atoms with van der Waals surface area (Å²) in [6.07, 6.45) is 4.53. The Labute approximate surface area is 101 Å². The van der Waals surface area contributed by atoms with E-state index in [-0.39, 0.29) is 0 Å². The predicted octanol–water partition coefficient (Wildman–Crippen LogP) is 1.93. The minimum absolute atomic E-state index is 0.621. The van der Waals surface area contributed by atoms with Crippen LogP contribution in [0.3, 0.4) is 0 Å². The zero-order chi connectivity index (χ0) is 12.3. The Morgan fingerprint density at radius 2 is 2.24 bits per heavy atom. The number of aryl methyl sites for hydroxylation is 2. The molecule has 0 unspecified atom stereocenters. The second-order valence-electron chi connectivity index (χ2n) is 4.08. The van der Waals surface area contributed by atoms with Crippen LogP contribution >= 0.6 is 0 Å². The number of aromatic nitrogens is 2. The van der Waals surface area contributed by atoms with Crippen LogP contribution in [0.2, 0.25) is 0 Å². The molecule has 0 saturated heterocycles. The third-order valence-electron chi connectivity index (χ3n) is 2.70. The van der Waals surface area contributed by atoms with Crippen LogP contribution in [0.1, 0.15) is 11.4 Å². The molecule has 1 heterocycles. The van der Waals surface area contributed by atoms with Gasteiger partial charge in [0, 0.05) is 31.5 Å². The first-order valence-electron chi connectivity index (χ1n) is 5.62. The Balaban J connectivity index is 1.92. The summed E-state index contributed by atoms with van der Waals surface area (Å²) in [5, 5.41) is 0. The molecule has 0 aliphatic heterocycles. The lowest BCUT2D eigenvalue weighted by molar-refractivity contribution is 0.315. The van der Waals surface area contributed by atoms with Gasteiger partial charge in [0.15, 0.2) is 0 Å². The topological polar surface area (TPSA) is 53.1 Å². The van der Waals surface area contributed by atoms with Crippen molar-refractivity contribution in [2.45, 2.75) is 13.3 Å². The maximum Gasteiger partial charge on any atom is 0.122 e. The Kier molecular flexibility index (Phi) is 3.32. The number of nitrogen functional groups attached to an aromatic ring is 1. The van der Waals surface area contributed by atoms with Crippen molar-refractivity contribution in [3.8, 4) is 5.75 Å². The molecule has 90 valence electrons. The molecule has 17 heavy (non-hydrogen) atoms. The second-order valence-corrected chi connectivity index (χ2v) is 4.08. The molecule has 0 saturated carbocycles. The molecule has 0 radical (unpaired) electrons. The van der Waals surface area contributed by atoms with Gasteiger partial charge in [0.25, 0.3) is 0 Å². The van der Waals surface area contributed by atoms with E-state index in [1.165, 1.54) is 0 Å². The average Bonchev–Trinajstić information content (AvgIpc) is 2.68. The number of hydrogen-bond acceptors (Lipinski definition) is 3. The lowest BCUT2D eigenvalue weighted by Crippen LogP contribution is -2.06. The number of anilines is 1. The number of ether oxygens (including phenoxy) is 1. The highest BCUT2D eigenvalue weighted by Crippen LogP contribution is 2.20. The van der Waals surface area contributed by atoms with Crippen LogP contribution in [0.5, 0.6) is 5.75 Å². The number of nitrogens with two attached hydrogens (primary N) is 1. The lowest BCUT2D eigenvalue weighted by atomic mass is 10.2. The quantitative estimate of drug-likeness (QED) is 0.818. The summed E-state index contributed by atoms with van der Waals surface area (Å²) in [6, 6.07) is 5.67. The molecule has 1 aromatic heterocycles. The molecule has 0 amide bonds. The first kappa shape index (κ1) is 11.5. The van der Waals surface area contributed by atoms with Gasteiger partial charge in [-0.1, -0.05) is 0 Å². The molecule has 0 spiro atoms. The van der Waals surface area contributed by atoms with Gasteiger partial charge in [0.2, 0.25) is 0 Å². The highest BCUT2D eigenvalue weighted by Gasteiger charge is 2.02. The van der Waals surface area contributed by atoms with Gasteiger partial charge >= 0.3 is 0 Å². The number of rotatable bonds is 4. The Bertz CT molecular complexity index is 505. The van der Waals surface area contributed by atoms with E-state index in [0.29, 0.717) is 6.61 Å². The number of hydrogen-bond donors (Lipinski definition) is 1. The minimum Gasteiger partial charge on any atom is -0.493 e. The third kappa shape index (κ3) is 2.78. The molecule has 4 heteroatoms. The first-order valence-corrected chi connectivity index (χ1v) is 5.62. The van der Waals surface area contributed by atoms with Crippen molar-refractivity contribution in [1.82, 2.24) is 9.55 Å². The number of imidazole rings is 1. The van der Waals surface area contributed by atoms with E-state index in [1.807, 2.05) is 42.9 Å². The van der Waals surface area contributed by atoms with Crippen molar-refractivity contribution < 1.29 is 4.74 Å². The van der Waals surface area contributed by atoms with Crippen LogP contribution in [0, 0.1) is 6.92 Å². The van der Waals surface area contributed by atoms with E-state index < -0.39 is 0 Å². The van der Waals surface area contributed by atoms with Gasteiger partial charge in [-0.2, -0.15) is 0 Å². The van der Waals surface area contributed by atoms with Gasteiger partial charge < -0.3 is 15.0 Å². The molecule has 0 fully saturated rings. The Morgan fingerprint density at radius 3 is 2.88 bits per heavy atom. The van der Waals surface area contributed by atoms with Crippen LogP contribution in [0.4, 0.5) is 5.69 Å². The van der Waals surface area contributed by atoms with Crippen LogP contribution < -0.4 is 10.5 Å². The van der Waals surface area contributed by atoms with Gasteiger partial charge in [-0.25, -0.2) is 4.98 Å². The fourth-order valence-corrected chi connectivity index (χ4v) is 1.72. The fraction of sp³-hybridized carbons (Fsp3) is 0.308. The van der Waals surface area contributed by atoms with E-state index in [2.05, 4.69) is 4.98 Å². The minimum atomic E-state index is 0.621. The maximum absolute atomic E-state index is 5.71. The van der Waals surface area contributed by atoms with Crippen molar-refractivity contribution in [3.05, 3.63) is 42.0 Å². The van der Waals surface area contributed by atoms with E-state index in [4.69, 9.17) is 10.5 Å². The molecule has 0 bridgehead atoms. The van der Waals surface area contributed by atoms with Gasteiger partial charge in [-0.15, -0.1) is 0 Å². The number of nitrogens with zero attached hydrogens (tertiary/aromatic N) is 2. The monoisotopic (exact) mass is 231 g/mol. The van der Waals surface area contributed by atoms with Crippen LogP contribution in [0.25, 0.3) is 0 Å². The predicted molar refractivity (Wildman–Crippen MR) is 68.0 cm³/mol. The Morgan fingerprint density at radius 1 is 1.41 bits per heavy atom. The first-order chi connectivity index (χ1) is 8.16. The molecule has 2 N–H and O–H groups in total. The summed E-state index contributed by atoms with van der Waals surface area (Å²) in [6.45, 7) is 2.61. The average molecular weight is 231 g/mol. The smallest absolute Gasteiger partial charge is 0.122 e. The molecule has 0 aliphatic rings. The van der Waals surface area contributed by atoms with E-state index in [9.17, 15) is 0 Å². The molecule has 4 nitrogen and oxygen atoms in total. The molecule has 1 aromatic carbocycles. The van der Waals surface area contributed by atoms with Crippen molar-refractivity contribution in [2.24, 2.45) is 7.05 Å². The summed E-state index contributed by atoms with van der Waals surface area (Å²) in [5.74, 6) is 1.91. The van der Waals surface area contributed by atoms with Gasteiger partial charge in [0.05, 0.1) is 6.61 Å². The molecule has 0 atom stereocenters. The zero-order valence-corrected chi connectivity index (χ0v) is 10.2. The summed E-state index contributed by atoms with van der Waals surface area (Å²) >= 11 is 0. The van der Waals surface area contributed by atoms with E-state index >= 15 is 0 Å². The largest absolute Gasteiger partial charge is 0.493 e. The maximum atomic E-state index is 5.71. The molecular weight excluding hydrogens is 214 g/mol. The second kappa shape index (κ2) is 4.91.